The molecule has 0 spiro atoms. The summed E-state index contributed by atoms with van der Waals surface area (Å²) in [7, 11) is 0. The van der Waals surface area contributed by atoms with Gasteiger partial charge in [0.05, 0.1) is 13.2 Å². The Kier molecular flexibility index (Phi) is 5.79. The predicted molar refractivity (Wildman–Crippen MR) is 114 cm³/mol. The van der Waals surface area contributed by atoms with Gasteiger partial charge < -0.3 is 20.1 Å². The van der Waals surface area contributed by atoms with E-state index in [1.54, 1.807) is 25.1 Å². The number of benzene rings is 2. The molecule has 1 saturated heterocycles. The molecule has 1 unspecified atom stereocenters. The quantitative estimate of drug-likeness (QED) is 0.697. The molecular formula is C23H25N3O5. The van der Waals surface area contributed by atoms with Crippen molar-refractivity contribution in [2.75, 3.05) is 25.1 Å². The van der Waals surface area contributed by atoms with Crippen LogP contribution in [0.2, 0.25) is 0 Å². The van der Waals surface area contributed by atoms with Gasteiger partial charge in [0.25, 0.3) is 5.91 Å². The van der Waals surface area contributed by atoms with E-state index in [-0.39, 0.29) is 6.54 Å². The van der Waals surface area contributed by atoms with Gasteiger partial charge >= 0.3 is 6.03 Å². The van der Waals surface area contributed by atoms with E-state index < -0.39 is 23.4 Å². The first-order valence-corrected chi connectivity index (χ1v) is 10.3. The molecule has 0 radical (unpaired) electrons. The van der Waals surface area contributed by atoms with Gasteiger partial charge in [-0.15, -0.1) is 0 Å². The van der Waals surface area contributed by atoms with Crippen LogP contribution in [0.1, 0.15) is 25.3 Å². The van der Waals surface area contributed by atoms with Crippen LogP contribution in [0.25, 0.3) is 0 Å². The monoisotopic (exact) mass is 423 g/mol. The number of hydrogen-bond donors (Lipinski definition) is 2. The van der Waals surface area contributed by atoms with Crippen molar-refractivity contribution < 1.29 is 23.9 Å². The molecule has 0 saturated carbocycles. The molecular weight excluding hydrogens is 398 g/mol. The molecule has 2 heterocycles. The van der Waals surface area contributed by atoms with E-state index in [2.05, 4.69) is 10.6 Å². The Morgan fingerprint density at radius 1 is 1.10 bits per heavy atom. The zero-order valence-electron chi connectivity index (χ0n) is 17.3. The Balaban J connectivity index is 1.37. The van der Waals surface area contributed by atoms with Crippen LogP contribution in [0.5, 0.6) is 11.5 Å². The lowest BCUT2D eigenvalue weighted by atomic mass is 9.93. The van der Waals surface area contributed by atoms with Crippen LogP contribution >= 0.6 is 0 Å². The van der Waals surface area contributed by atoms with Gasteiger partial charge in [-0.2, -0.15) is 0 Å². The summed E-state index contributed by atoms with van der Waals surface area (Å²) in [6.45, 7) is 2.44. The molecule has 4 rings (SSSR count). The first-order chi connectivity index (χ1) is 14.9. The topological polar surface area (TPSA) is 97.0 Å². The molecule has 4 amide bonds. The number of ether oxygens (including phenoxy) is 2. The third-order valence-electron chi connectivity index (χ3n) is 5.43. The Labute approximate surface area is 180 Å². The van der Waals surface area contributed by atoms with Crippen LogP contribution in [0, 0.1) is 0 Å². The SMILES string of the molecule is CC1(CCc2ccccc2)NC(=O)N(CC(=O)Nc2ccc3c(c2)OCCCO3)C1=O. The number of nitrogens with zero attached hydrogens (tertiary/aromatic N) is 1. The summed E-state index contributed by atoms with van der Waals surface area (Å²) in [5, 5.41) is 5.46. The second-order valence-corrected chi connectivity index (χ2v) is 7.90. The molecule has 1 fully saturated rings. The molecule has 1 atom stereocenters. The summed E-state index contributed by atoms with van der Waals surface area (Å²) in [4.78, 5) is 38.8. The third-order valence-corrected chi connectivity index (χ3v) is 5.43. The van der Waals surface area contributed by atoms with E-state index >= 15 is 0 Å². The number of carbonyl (C=O) groups is 3. The minimum Gasteiger partial charge on any atom is -0.490 e. The highest BCUT2D eigenvalue weighted by Crippen LogP contribution is 2.32. The first kappa shape index (κ1) is 20.7. The van der Waals surface area contributed by atoms with Crippen molar-refractivity contribution in [3.63, 3.8) is 0 Å². The molecule has 2 aliphatic heterocycles. The maximum Gasteiger partial charge on any atom is 0.325 e. The molecule has 2 aromatic rings. The molecule has 162 valence electrons. The zero-order valence-corrected chi connectivity index (χ0v) is 17.3. The van der Waals surface area contributed by atoms with Gasteiger partial charge in [0.2, 0.25) is 5.91 Å². The fourth-order valence-corrected chi connectivity index (χ4v) is 3.68. The summed E-state index contributed by atoms with van der Waals surface area (Å²) in [5.41, 5.74) is 0.548. The van der Waals surface area contributed by atoms with E-state index in [4.69, 9.17) is 9.47 Å². The van der Waals surface area contributed by atoms with E-state index in [1.807, 2.05) is 30.3 Å². The highest BCUT2D eigenvalue weighted by molar-refractivity contribution is 6.09. The van der Waals surface area contributed by atoms with Crippen molar-refractivity contribution in [1.82, 2.24) is 10.2 Å². The number of anilines is 1. The number of hydrogen-bond acceptors (Lipinski definition) is 5. The molecule has 0 aliphatic carbocycles. The van der Waals surface area contributed by atoms with Gasteiger partial charge in [0.15, 0.2) is 11.5 Å². The summed E-state index contributed by atoms with van der Waals surface area (Å²) in [6.07, 6.45) is 1.87. The number of fused-ring (bicyclic) bond motifs is 1. The van der Waals surface area contributed by atoms with Crippen molar-refractivity contribution in [2.45, 2.75) is 31.7 Å². The normalized spacial score (nSPS) is 20.2. The third kappa shape index (κ3) is 4.63. The van der Waals surface area contributed by atoms with Gasteiger partial charge in [-0.1, -0.05) is 30.3 Å². The van der Waals surface area contributed by atoms with Crippen molar-refractivity contribution in [3.05, 3.63) is 54.1 Å². The number of urea groups is 1. The highest BCUT2D eigenvalue weighted by Gasteiger charge is 2.47. The smallest absolute Gasteiger partial charge is 0.325 e. The van der Waals surface area contributed by atoms with Gasteiger partial charge in [0, 0.05) is 18.2 Å². The minimum absolute atomic E-state index is 0.361. The van der Waals surface area contributed by atoms with Crippen molar-refractivity contribution in [3.8, 4) is 11.5 Å². The molecule has 0 bridgehead atoms. The first-order valence-electron chi connectivity index (χ1n) is 10.3. The fraction of sp³-hybridized carbons (Fsp3) is 0.348. The number of aryl methyl sites for hydroxylation is 1. The number of imide groups is 1. The molecule has 8 nitrogen and oxygen atoms in total. The van der Waals surface area contributed by atoms with Crippen molar-refractivity contribution in [1.29, 1.82) is 0 Å². The summed E-state index contributed by atoms with van der Waals surface area (Å²) < 4.78 is 11.2. The molecule has 2 N–H and O–H groups in total. The van der Waals surface area contributed by atoms with Crippen LogP contribution < -0.4 is 20.1 Å². The standard InChI is InChI=1S/C23H25N3O5/c1-23(11-10-16-6-3-2-4-7-16)21(28)26(22(29)25-23)15-20(27)24-17-8-9-18-19(14-17)31-13-5-12-30-18/h2-4,6-9,14H,5,10-13,15H2,1H3,(H,24,27)(H,25,29). The fourth-order valence-electron chi connectivity index (χ4n) is 3.68. The average Bonchev–Trinajstić information content (AvgIpc) is 2.93. The Morgan fingerprint density at radius 2 is 1.84 bits per heavy atom. The minimum atomic E-state index is -1.04. The number of amides is 4. The van der Waals surface area contributed by atoms with Gasteiger partial charge in [0.1, 0.15) is 12.1 Å². The van der Waals surface area contributed by atoms with Crippen LogP contribution in [0.15, 0.2) is 48.5 Å². The largest absolute Gasteiger partial charge is 0.490 e. The molecule has 8 heteroatoms. The highest BCUT2D eigenvalue weighted by atomic mass is 16.5. The Morgan fingerprint density at radius 3 is 2.61 bits per heavy atom. The lowest BCUT2D eigenvalue weighted by Gasteiger charge is -2.21. The van der Waals surface area contributed by atoms with Gasteiger partial charge in [-0.25, -0.2) is 4.79 Å². The molecule has 31 heavy (non-hydrogen) atoms. The molecule has 2 aromatic carbocycles. The van der Waals surface area contributed by atoms with E-state index in [0.717, 1.165) is 16.9 Å². The second kappa shape index (κ2) is 8.67. The van der Waals surface area contributed by atoms with E-state index in [9.17, 15) is 14.4 Å². The second-order valence-electron chi connectivity index (χ2n) is 7.90. The van der Waals surface area contributed by atoms with Gasteiger partial charge in [-0.3, -0.25) is 14.5 Å². The molecule has 2 aliphatic rings. The summed E-state index contributed by atoms with van der Waals surface area (Å²) >= 11 is 0. The van der Waals surface area contributed by atoms with Crippen LogP contribution in [-0.4, -0.2) is 48.0 Å². The number of carbonyl (C=O) groups excluding carboxylic acids is 3. The van der Waals surface area contributed by atoms with Crippen LogP contribution in [0.3, 0.4) is 0 Å². The number of nitrogens with one attached hydrogen (secondary N) is 2. The maximum absolute atomic E-state index is 12.9. The van der Waals surface area contributed by atoms with Gasteiger partial charge in [-0.05, 0) is 37.5 Å². The predicted octanol–water partition coefficient (Wildman–Crippen LogP) is 2.73. The van der Waals surface area contributed by atoms with Crippen LogP contribution in [-0.2, 0) is 16.0 Å². The lowest BCUT2D eigenvalue weighted by Crippen LogP contribution is -2.45. The summed E-state index contributed by atoms with van der Waals surface area (Å²) in [6, 6.07) is 14.3. The molecule has 0 aromatic heterocycles. The maximum atomic E-state index is 12.9. The lowest BCUT2D eigenvalue weighted by molar-refractivity contribution is -0.133. The van der Waals surface area contributed by atoms with E-state index in [1.165, 1.54) is 0 Å². The number of rotatable bonds is 6. The Hall–Kier alpha value is -3.55. The average molecular weight is 423 g/mol. The zero-order chi connectivity index (χ0) is 21.8. The van der Waals surface area contributed by atoms with Crippen molar-refractivity contribution >= 4 is 23.5 Å². The summed E-state index contributed by atoms with van der Waals surface area (Å²) in [5.74, 6) is 0.310. The van der Waals surface area contributed by atoms with E-state index in [0.29, 0.717) is 43.2 Å². The van der Waals surface area contributed by atoms with Crippen LogP contribution in [0.4, 0.5) is 10.5 Å². The Bertz CT molecular complexity index is 994. The van der Waals surface area contributed by atoms with Crippen molar-refractivity contribution in [2.24, 2.45) is 0 Å².